The van der Waals surface area contributed by atoms with Crippen LogP contribution in [-0.4, -0.2) is 13.7 Å². The number of sulfonamides is 1. The number of hydrogen-bond donors (Lipinski definition) is 2. The van der Waals surface area contributed by atoms with Crippen LogP contribution in [0.1, 0.15) is 31.2 Å². The van der Waals surface area contributed by atoms with Gasteiger partial charge in [0, 0.05) is 0 Å². The lowest BCUT2D eigenvalue weighted by atomic mass is 10.2. The van der Waals surface area contributed by atoms with Crippen molar-refractivity contribution in [2.45, 2.75) is 37.1 Å². The molecule has 1 saturated carbocycles. The highest BCUT2D eigenvalue weighted by atomic mass is 32.2. The van der Waals surface area contributed by atoms with Crippen LogP contribution in [0.4, 0.5) is 24.5 Å². The number of benzene rings is 1. The Bertz CT molecular complexity index is 593. The molecule has 8 heteroatoms. The van der Waals surface area contributed by atoms with E-state index in [0.717, 1.165) is 31.0 Å². The molecule has 0 aromatic heterocycles. The lowest BCUT2D eigenvalue weighted by Crippen LogP contribution is -2.25. The summed E-state index contributed by atoms with van der Waals surface area (Å²) in [5, 5.41) is -0.496. The number of hydrogen-bond acceptors (Lipinski definition) is 3. The molecule has 1 fully saturated rings. The van der Waals surface area contributed by atoms with E-state index in [1.54, 1.807) is 0 Å². The zero-order valence-corrected chi connectivity index (χ0v) is 11.4. The third kappa shape index (κ3) is 3.17. The van der Waals surface area contributed by atoms with Gasteiger partial charge in [-0.25, -0.2) is 8.42 Å². The van der Waals surface area contributed by atoms with Crippen LogP contribution in [0.2, 0.25) is 0 Å². The van der Waals surface area contributed by atoms with Crippen molar-refractivity contribution >= 4 is 21.4 Å². The zero-order chi connectivity index (χ0) is 15.0. The molecular formula is C12H15F3N2O2S. The fourth-order valence-electron chi connectivity index (χ4n) is 2.27. The van der Waals surface area contributed by atoms with Gasteiger partial charge in [0.05, 0.1) is 22.2 Å². The predicted molar refractivity (Wildman–Crippen MR) is 70.7 cm³/mol. The van der Waals surface area contributed by atoms with E-state index in [1.165, 1.54) is 0 Å². The summed E-state index contributed by atoms with van der Waals surface area (Å²) in [7, 11) is -3.60. The van der Waals surface area contributed by atoms with Crippen molar-refractivity contribution < 1.29 is 21.6 Å². The Labute approximate surface area is 115 Å². The first-order valence-electron chi connectivity index (χ1n) is 6.18. The number of anilines is 2. The molecule has 20 heavy (non-hydrogen) atoms. The van der Waals surface area contributed by atoms with E-state index in [9.17, 15) is 21.6 Å². The smallest absolute Gasteiger partial charge is 0.397 e. The summed E-state index contributed by atoms with van der Waals surface area (Å²) in [5.74, 6) is 0. The second-order valence-corrected chi connectivity index (χ2v) is 6.81. The predicted octanol–water partition coefficient (Wildman–Crippen LogP) is 2.97. The van der Waals surface area contributed by atoms with Gasteiger partial charge in [-0.2, -0.15) is 13.2 Å². The standard InChI is InChI=1S/C12H15F3N2O2S/c13-12(14,15)8-5-6-11(10(16)7-8)17-20(18,19)9-3-1-2-4-9/h5-7,9,17H,1-4,16H2. The molecule has 1 aromatic carbocycles. The highest BCUT2D eigenvalue weighted by Gasteiger charge is 2.32. The first kappa shape index (κ1) is 15.0. The summed E-state index contributed by atoms with van der Waals surface area (Å²) < 4.78 is 63.8. The summed E-state index contributed by atoms with van der Waals surface area (Å²) in [5.41, 5.74) is 4.35. The van der Waals surface area contributed by atoms with Crippen LogP contribution in [-0.2, 0) is 16.2 Å². The van der Waals surface area contributed by atoms with Gasteiger partial charge in [-0.05, 0) is 31.0 Å². The SMILES string of the molecule is Nc1cc(C(F)(F)F)ccc1NS(=O)(=O)C1CCCC1. The van der Waals surface area contributed by atoms with E-state index in [-0.39, 0.29) is 11.4 Å². The number of rotatable bonds is 3. The van der Waals surface area contributed by atoms with E-state index in [0.29, 0.717) is 12.8 Å². The van der Waals surface area contributed by atoms with Crippen LogP contribution in [0.15, 0.2) is 18.2 Å². The maximum absolute atomic E-state index is 12.5. The molecule has 0 spiro atoms. The van der Waals surface area contributed by atoms with Crippen LogP contribution < -0.4 is 10.5 Å². The third-order valence-corrected chi connectivity index (χ3v) is 5.23. The van der Waals surface area contributed by atoms with Crippen LogP contribution >= 0.6 is 0 Å². The van der Waals surface area contributed by atoms with Crippen molar-refractivity contribution in [3.05, 3.63) is 23.8 Å². The Kier molecular flexibility index (Phi) is 3.86. The quantitative estimate of drug-likeness (QED) is 0.843. The van der Waals surface area contributed by atoms with Gasteiger partial charge < -0.3 is 5.73 Å². The monoisotopic (exact) mass is 308 g/mol. The molecule has 0 bridgehead atoms. The van der Waals surface area contributed by atoms with Gasteiger partial charge in [-0.15, -0.1) is 0 Å². The number of nitrogen functional groups attached to an aromatic ring is 1. The minimum Gasteiger partial charge on any atom is -0.397 e. The number of nitrogens with one attached hydrogen (secondary N) is 1. The zero-order valence-electron chi connectivity index (χ0n) is 10.6. The summed E-state index contributed by atoms with van der Waals surface area (Å²) in [6.07, 6.45) is -1.69. The van der Waals surface area contributed by atoms with E-state index < -0.39 is 27.0 Å². The molecule has 0 aliphatic heterocycles. The van der Waals surface area contributed by atoms with Crippen molar-refractivity contribution in [2.24, 2.45) is 0 Å². The fraction of sp³-hybridized carbons (Fsp3) is 0.500. The highest BCUT2D eigenvalue weighted by molar-refractivity contribution is 7.93. The topological polar surface area (TPSA) is 72.2 Å². The molecule has 2 rings (SSSR count). The Balaban J connectivity index is 2.22. The summed E-state index contributed by atoms with van der Waals surface area (Å²) in [6.45, 7) is 0. The molecule has 0 heterocycles. The van der Waals surface area contributed by atoms with E-state index in [1.807, 2.05) is 0 Å². The van der Waals surface area contributed by atoms with Crippen molar-refractivity contribution in [3.63, 3.8) is 0 Å². The maximum Gasteiger partial charge on any atom is 0.416 e. The summed E-state index contributed by atoms with van der Waals surface area (Å²) >= 11 is 0. The van der Waals surface area contributed by atoms with Crippen LogP contribution in [0.3, 0.4) is 0 Å². The molecule has 0 unspecified atom stereocenters. The summed E-state index contributed by atoms with van der Waals surface area (Å²) in [4.78, 5) is 0. The Hall–Kier alpha value is -1.44. The second kappa shape index (κ2) is 5.16. The molecule has 0 amide bonds. The van der Waals surface area contributed by atoms with Gasteiger partial charge in [0.15, 0.2) is 0 Å². The van der Waals surface area contributed by atoms with Gasteiger partial charge in [-0.3, -0.25) is 4.72 Å². The molecule has 1 aromatic rings. The first-order valence-corrected chi connectivity index (χ1v) is 7.73. The van der Waals surface area contributed by atoms with Gasteiger partial charge >= 0.3 is 6.18 Å². The second-order valence-electron chi connectivity index (χ2n) is 4.85. The van der Waals surface area contributed by atoms with Gasteiger partial charge in [-0.1, -0.05) is 12.8 Å². The minimum absolute atomic E-state index is 0.00935. The van der Waals surface area contributed by atoms with E-state index in [2.05, 4.69) is 4.72 Å². The van der Waals surface area contributed by atoms with Crippen molar-refractivity contribution in [1.29, 1.82) is 0 Å². The van der Waals surface area contributed by atoms with Gasteiger partial charge in [0.2, 0.25) is 10.0 Å². The van der Waals surface area contributed by atoms with Crippen LogP contribution in [0, 0.1) is 0 Å². The van der Waals surface area contributed by atoms with Crippen LogP contribution in [0.5, 0.6) is 0 Å². The molecule has 3 N–H and O–H groups in total. The molecule has 4 nitrogen and oxygen atoms in total. The molecule has 0 radical (unpaired) electrons. The maximum atomic E-state index is 12.5. The van der Waals surface area contributed by atoms with Crippen molar-refractivity contribution in [3.8, 4) is 0 Å². The molecule has 1 aliphatic carbocycles. The minimum atomic E-state index is -4.50. The van der Waals surface area contributed by atoms with Gasteiger partial charge in [0.1, 0.15) is 0 Å². The van der Waals surface area contributed by atoms with Gasteiger partial charge in [0.25, 0.3) is 0 Å². The molecule has 1 aliphatic rings. The van der Waals surface area contributed by atoms with Crippen molar-refractivity contribution in [1.82, 2.24) is 0 Å². The molecule has 112 valence electrons. The van der Waals surface area contributed by atoms with Crippen LogP contribution in [0.25, 0.3) is 0 Å². The Morgan fingerprint density at radius 2 is 1.80 bits per heavy atom. The number of alkyl halides is 3. The molecular weight excluding hydrogens is 293 g/mol. The average Bonchev–Trinajstić information content (AvgIpc) is 2.84. The fourth-order valence-corrected chi connectivity index (χ4v) is 3.88. The van der Waals surface area contributed by atoms with E-state index >= 15 is 0 Å². The van der Waals surface area contributed by atoms with E-state index in [4.69, 9.17) is 5.73 Å². The normalized spacial score (nSPS) is 17.4. The Morgan fingerprint density at radius 1 is 1.20 bits per heavy atom. The molecule has 0 saturated heterocycles. The Morgan fingerprint density at radius 3 is 2.30 bits per heavy atom. The summed E-state index contributed by atoms with van der Waals surface area (Å²) in [6, 6.07) is 2.58. The lowest BCUT2D eigenvalue weighted by Gasteiger charge is -2.16. The number of nitrogens with two attached hydrogens (primary N) is 1. The lowest BCUT2D eigenvalue weighted by molar-refractivity contribution is -0.137. The number of halogens is 3. The third-order valence-electron chi connectivity index (χ3n) is 3.37. The first-order chi connectivity index (χ1) is 9.20. The molecule has 0 atom stereocenters. The largest absolute Gasteiger partial charge is 0.416 e. The average molecular weight is 308 g/mol. The highest BCUT2D eigenvalue weighted by Crippen LogP contribution is 2.34. The van der Waals surface area contributed by atoms with Crippen molar-refractivity contribution in [2.75, 3.05) is 10.5 Å².